The summed E-state index contributed by atoms with van der Waals surface area (Å²) in [7, 11) is 0. The van der Waals surface area contributed by atoms with Gasteiger partial charge in [-0.15, -0.1) is 0 Å². The fourth-order valence-electron chi connectivity index (χ4n) is 1.56. The topological polar surface area (TPSA) is 59.6 Å². The fourth-order valence-corrected chi connectivity index (χ4v) is 1.56. The van der Waals surface area contributed by atoms with Crippen molar-refractivity contribution in [3.8, 4) is 0 Å². The molecule has 0 unspecified atom stereocenters. The highest BCUT2D eigenvalue weighted by Crippen LogP contribution is 2.21. The summed E-state index contributed by atoms with van der Waals surface area (Å²) in [6, 6.07) is 5.82. The lowest BCUT2D eigenvalue weighted by atomic mass is 10.1. The predicted octanol–water partition coefficient (Wildman–Crippen LogP) is 1.48. The highest BCUT2D eigenvalue weighted by Gasteiger charge is 2.11. The third-order valence-corrected chi connectivity index (χ3v) is 2.25. The van der Waals surface area contributed by atoms with Crippen molar-refractivity contribution in [2.75, 3.05) is 30.7 Å². The van der Waals surface area contributed by atoms with Crippen molar-refractivity contribution in [1.29, 1.82) is 0 Å². The van der Waals surface area contributed by atoms with E-state index in [-0.39, 0.29) is 0 Å². The monoisotopic (exact) mass is 205 g/mol. The van der Waals surface area contributed by atoms with Gasteiger partial charge < -0.3 is 15.8 Å². The normalized spacial score (nSPS) is 14.6. The third kappa shape index (κ3) is 2.03. The summed E-state index contributed by atoms with van der Waals surface area (Å²) in [5.74, 6) is 0.699. The van der Waals surface area contributed by atoms with Crippen LogP contribution in [0.2, 0.25) is 0 Å². The van der Waals surface area contributed by atoms with Gasteiger partial charge in [0.25, 0.3) is 0 Å². The number of anilines is 2. The summed E-state index contributed by atoms with van der Waals surface area (Å²) in [5.41, 5.74) is 8.54. The van der Waals surface area contributed by atoms with Crippen molar-refractivity contribution in [2.24, 2.45) is 4.99 Å². The number of hydrogen-bond acceptors (Lipinski definition) is 4. The number of nitrogens with zero attached hydrogens (tertiary/aromatic N) is 1. The molecule has 3 N–H and O–H groups in total. The van der Waals surface area contributed by atoms with Gasteiger partial charge in [-0.05, 0) is 25.1 Å². The van der Waals surface area contributed by atoms with E-state index in [0.717, 1.165) is 30.0 Å². The van der Waals surface area contributed by atoms with Gasteiger partial charge in [0.05, 0.1) is 17.9 Å². The van der Waals surface area contributed by atoms with E-state index in [2.05, 4.69) is 10.3 Å². The van der Waals surface area contributed by atoms with Crippen LogP contribution in [0.15, 0.2) is 23.2 Å². The zero-order valence-corrected chi connectivity index (χ0v) is 8.79. The molecule has 0 saturated carbocycles. The Balaban J connectivity index is 2.24. The van der Waals surface area contributed by atoms with E-state index in [1.807, 2.05) is 25.1 Å². The Hall–Kier alpha value is -1.71. The average Bonchev–Trinajstić information content (AvgIpc) is 2.74. The molecule has 15 heavy (non-hydrogen) atoms. The molecule has 1 aromatic rings. The molecule has 1 aliphatic rings. The predicted molar refractivity (Wildman–Crippen MR) is 62.4 cm³/mol. The third-order valence-electron chi connectivity index (χ3n) is 2.25. The molecule has 0 saturated heterocycles. The first-order chi connectivity index (χ1) is 7.31. The Bertz CT molecular complexity index is 387. The molecule has 0 spiro atoms. The molecule has 4 heteroatoms. The summed E-state index contributed by atoms with van der Waals surface area (Å²) in [5, 5.41) is 3.19. The van der Waals surface area contributed by atoms with Crippen molar-refractivity contribution in [1.82, 2.24) is 0 Å². The van der Waals surface area contributed by atoms with Crippen LogP contribution in [0.5, 0.6) is 0 Å². The molecule has 1 aromatic carbocycles. The largest absolute Gasteiger partial charge is 0.476 e. The number of nitrogens with two attached hydrogens (primary N) is 1. The summed E-state index contributed by atoms with van der Waals surface area (Å²) >= 11 is 0. The standard InChI is InChI=1S/C11H15N3O/c1-2-13-10-4-3-8(7-9(10)12)11-14-5-6-15-11/h3-4,7,13H,2,5-6,12H2,1H3. The fraction of sp³-hybridized carbons (Fsp3) is 0.364. The average molecular weight is 205 g/mol. The molecule has 0 aromatic heterocycles. The van der Waals surface area contributed by atoms with Crippen LogP contribution in [-0.2, 0) is 4.74 Å². The maximum absolute atomic E-state index is 5.90. The molecule has 80 valence electrons. The molecule has 0 bridgehead atoms. The highest BCUT2D eigenvalue weighted by atomic mass is 16.5. The zero-order chi connectivity index (χ0) is 10.7. The Labute approximate surface area is 89.1 Å². The number of benzene rings is 1. The number of nitrogens with one attached hydrogen (secondary N) is 1. The van der Waals surface area contributed by atoms with Gasteiger partial charge in [-0.1, -0.05) is 0 Å². The SMILES string of the molecule is CCNc1ccc(C2=NCCO2)cc1N. The Morgan fingerprint density at radius 1 is 1.53 bits per heavy atom. The summed E-state index contributed by atoms with van der Waals surface area (Å²) in [6.45, 7) is 4.31. The van der Waals surface area contributed by atoms with Gasteiger partial charge in [0.15, 0.2) is 0 Å². The van der Waals surface area contributed by atoms with E-state index in [4.69, 9.17) is 10.5 Å². The molecule has 0 aliphatic carbocycles. The van der Waals surface area contributed by atoms with Gasteiger partial charge in [-0.3, -0.25) is 0 Å². The number of nitrogen functional groups attached to an aromatic ring is 1. The van der Waals surface area contributed by atoms with Crippen LogP contribution >= 0.6 is 0 Å². The van der Waals surface area contributed by atoms with Crippen molar-refractivity contribution in [3.05, 3.63) is 23.8 Å². The first-order valence-corrected chi connectivity index (χ1v) is 5.12. The Kier molecular flexibility index (Phi) is 2.76. The number of hydrogen-bond donors (Lipinski definition) is 2. The maximum Gasteiger partial charge on any atom is 0.216 e. The van der Waals surface area contributed by atoms with Crippen LogP contribution in [0.25, 0.3) is 0 Å². The van der Waals surface area contributed by atoms with Crippen LogP contribution < -0.4 is 11.1 Å². The van der Waals surface area contributed by atoms with Crippen LogP contribution in [0.1, 0.15) is 12.5 Å². The van der Waals surface area contributed by atoms with Gasteiger partial charge in [-0.25, -0.2) is 4.99 Å². The van der Waals surface area contributed by atoms with E-state index in [1.165, 1.54) is 0 Å². The molecule has 0 amide bonds. The second kappa shape index (κ2) is 4.21. The molecule has 1 aliphatic heterocycles. The summed E-state index contributed by atoms with van der Waals surface area (Å²) < 4.78 is 5.37. The second-order valence-electron chi connectivity index (χ2n) is 3.37. The van der Waals surface area contributed by atoms with E-state index >= 15 is 0 Å². The number of ether oxygens (including phenoxy) is 1. The lowest BCUT2D eigenvalue weighted by Gasteiger charge is -2.09. The zero-order valence-electron chi connectivity index (χ0n) is 8.79. The second-order valence-corrected chi connectivity index (χ2v) is 3.37. The minimum Gasteiger partial charge on any atom is -0.476 e. The van der Waals surface area contributed by atoms with Gasteiger partial charge in [0.1, 0.15) is 6.61 Å². The van der Waals surface area contributed by atoms with Crippen LogP contribution in [-0.4, -0.2) is 25.6 Å². The number of rotatable bonds is 3. The molecule has 1 heterocycles. The lowest BCUT2D eigenvalue weighted by molar-refractivity contribution is 0.348. The highest BCUT2D eigenvalue weighted by molar-refractivity contribution is 5.96. The Morgan fingerprint density at radius 3 is 3.00 bits per heavy atom. The summed E-state index contributed by atoms with van der Waals surface area (Å²) in [4.78, 5) is 4.24. The van der Waals surface area contributed by atoms with Crippen molar-refractivity contribution in [3.63, 3.8) is 0 Å². The van der Waals surface area contributed by atoms with E-state index < -0.39 is 0 Å². The first kappa shape index (κ1) is 9.83. The summed E-state index contributed by atoms with van der Waals surface area (Å²) in [6.07, 6.45) is 0. The maximum atomic E-state index is 5.90. The van der Waals surface area contributed by atoms with Crippen LogP contribution in [0, 0.1) is 0 Å². The van der Waals surface area contributed by atoms with Crippen molar-refractivity contribution < 1.29 is 4.74 Å². The van der Waals surface area contributed by atoms with Gasteiger partial charge >= 0.3 is 0 Å². The first-order valence-electron chi connectivity index (χ1n) is 5.12. The minimum absolute atomic E-state index is 0.671. The number of aliphatic imine (C=N–C) groups is 1. The minimum atomic E-state index is 0.671. The molecular weight excluding hydrogens is 190 g/mol. The Morgan fingerprint density at radius 2 is 2.40 bits per heavy atom. The molecule has 0 atom stereocenters. The lowest BCUT2D eigenvalue weighted by Crippen LogP contribution is -2.05. The van der Waals surface area contributed by atoms with Gasteiger partial charge in [-0.2, -0.15) is 0 Å². The van der Waals surface area contributed by atoms with Crippen molar-refractivity contribution >= 4 is 17.3 Å². The van der Waals surface area contributed by atoms with E-state index in [9.17, 15) is 0 Å². The van der Waals surface area contributed by atoms with Gasteiger partial charge in [0, 0.05) is 12.1 Å². The molecular formula is C11H15N3O. The smallest absolute Gasteiger partial charge is 0.216 e. The quantitative estimate of drug-likeness (QED) is 0.735. The molecule has 4 nitrogen and oxygen atoms in total. The van der Waals surface area contributed by atoms with Crippen LogP contribution in [0.3, 0.4) is 0 Å². The van der Waals surface area contributed by atoms with E-state index in [0.29, 0.717) is 12.5 Å². The van der Waals surface area contributed by atoms with E-state index in [1.54, 1.807) is 0 Å². The molecule has 0 fully saturated rings. The van der Waals surface area contributed by atoms with Crippen molar-refractivity contribution in [2.45, 2.75) is 6.92 Å². The molecule has 0 radical (unpaired) electrons. The van der Waals surface area contributed by atoms with Gasteiger partial charge in [0.2, 0.25) is 5.90 Å². The molecule has 2 rings (SSSR count). The van der Waals surface area contributed by atoms with Crippen LogP contribution in [0.4, 0.5) is 11.4 Å².